The topological polar surface area (TPSA) is 63.8 Å². The highest BCUT2D eigenvalue weighted by Crippen LogP contribution is 2.21. The number of aliphatic hydroxyl groups is 1. The van der Waals surface area contributed by atoms with Crippen LogP contribution in [0.15, 0.2) is 5.38 Å². The number of rotatable bonds is 3. The maximum absolute atomic E-state index is 9.85. The SMILES string of the molecule is Cc1nc(-c2csc(C)n2)n(CC(C)(C)O)n1. The van der Waals surface area contributed by atoms with Crippen LogP contribution >= 0.6 is 11.3 Å². The fraction of sp³-hybridized carbons (Fsp3) is 0.545. The molecule has 0 radical (unpaired) electrons. The van der Waals surface area contributed by atoms with Gasteiger partial charge in [-0.3, -0.25) is 0 Å². The van der Waals surface area contributed by atoms with Crippen LogP contribution in [-0.2, 0) is 6.54 Å². The Morgan fingerprint density at radius 2 is 2.06 bits per heavy atom. The van der Waals surface area contributed by atoms with Crippen molar-refractivity contribution in [1.82, 2.24) is 19.7 Å². The fourth-order valence-electron chi connectivity index (χ4n) is 1.59. The monoisotopic (exact) mass is 252 g/mol. The van der Waals surface area contributed by atoms with Crippen LogP contribution in [0.4, 0.5) is 0 Å². The minimum atomic E-state index is -0.819. The second kappa shape index (κ2) is 4.19. The number of hydrogen-bond acceptors (Lipinski definition) is 5. The predicted octanol–water partition coefficient (Wildman–Crippen LogP) is 1.79. The fourth-order valence-corrected chi connectivity index (χ4v) is 2.18. The van der Waals surface area contributed by atoms with Crippen molar-refractivity contribution in [2.24, 2.45) is 0 Å². The smallest absolute Gasteiger partial charge is 0.178 e. The lowest BCUT2D eigenvalue weighted by atomic mass is 10.1. The quantitative estimate of drug-likeness (QED) is 0.904. The molecule has 6 heteroatoms. The number of aryl methyl sites for hydroxylation is 2. The van der Waals surface area contributed by atoms with Crippen molar-refractivity contribution in [3.05, 3.63) is 16.2 Å². The van der Waals surface area contributed by atoms with Crippen LogP contribution in [0.1, 0.15) is 24.7 Å². The number of hydrogen-bond donors (Lipinski definition) is 1. The Morgan fingerprint density at radius 1 is 1.35 bits per heavy atom. The lowest BCUT2D eigenvalue weighted by Gasteiger charge is -2.17. The van der Waals surface area contributed by atoms with Gasteiger partial charge in [0.2, 0.25) is 0 Å². The normalized spacial score (nSPS) is 12.1. The van der Waals surface area contributed by atoms with Gasteiger partial charge in [0.05, 0.1) is 17.2 Å². The Morgan fingerprint density at radius 3 is 2.59 bits per heavy atom. The van der Waals surface area contributed by atoms with Gasteiger partial charge in [0, 0.05) is 5.38 Å². The summed E-state index contributed by atoms with van der Waals surface area (Å²) in [5.74, 6) is 1.41. The molecule has 0 spiro atoms. The Balaban J connectivity index is 2.40. The van der Waals surface area contributed by atoms with Crippen LogP contribution in [0.5, 0.6) is 0 Å². The van der Waals surface area contributed by atoms with E-state index in [-0.39, 0.29) is 0 Å². The molecule has 2 aromatic rings. The molecule has 0 atom stereocenters. The minimum absolute atomic E-state index is 0.403. The Labute approximate surface area is 104 Å². The third-order valence-electron chi connectivity index (χ3n) is 2.16. The van der Waals surface area contributed by atoms with Gasteiger partial charge in [0.25, 0.3) is 0 Å². The zero-order valence-corrected chi connectivity index (χ0v) is 11.2. The van der Waals surface area contributed by atoms with Crippen LogP contribution in [-0.4, -0.2) is 30.5 Å². The van der Waals surface area contributed by atoms with E-state index < -0.39 is 5.60 Å². The summed E-state index contributed by atoms with van der Waals surface area (Å²) in [6, 6.07) is 0. The highest BCUT2D eigenvalue weighted by atomic mass is 32.1. The zero-order valence-electron chi connectivity index (χ0n) is 10.4. The molecule has 0 bridgehead atoms. The van der Waals surface area contributed by atoms with Gasteiger partial charge >= 0.3 is 0 Å². The van der Waals surface area contributed by atoms with Crippen LogP contribution < -0.4 is 0 Å². The molecule has 1 N–H and O–H groups in total. The van der Waals surface area contributed by atoms with Gasteiger partial charge in [-0.05, 0) is 27.7 Å². The van der Waals surface area contributed by atoms with E-state index >= 15 is 0 Å². The predicted molar refractivity (Wildman–Crippen MR) is 66.9 cm³/mol. The highest BCUT2D eigenvalue weighted by molar-refractivity contribution is 7.09. The van der Waals surface area contributed by atoms with Gasteiger partial charge in [-0.15, -0.1) is 11.3 Å². The average Bonchev–Trinajstić information content (AvgIpc) is 2.70. The standard InChI is InChI=1S/C11H16N4OS/c1-7-12-10(9-5-17-8(2)13-9)15(14-7)6-11(3,4)16/h5,16H,6H2,1-4H3. The summed E-state index contributed by atoms with van der Waals surface area (Å²) in [6.45, 7) is 7.70. The van der Waals surface area contributed by atoms with Gasteiger partial charge in [-0.2, -0.15) is 5.10 Å². The maximum Gasteiger partial charge on any atom is 0.178 e. The van der Waals surface area contributed by atoms with Crippen molar-refractivity contribution in [3.63, 3.8) is 0 Å². The molecular formula is C11H16N4OS. The highest BCUT2D eigenvalue weighted by Gasteiger charge is 2.19. The molecule has 0 aliphatic carbocycles. The molecule has 5 nitrogen and oxygen atoms in total. The van der Waals surface area contributed by atoms with Gasteiger partial charge in [-0.1, -0.05) is 0 Å². The lowest BCUT2D eigenvalue weighted by molar-refractivity contribution is 0.0581. The first-order chi connectivity index (χ1) is 7.85. The van der Waals surface area contributed by atoms with Gasteiger partial charge in [0.1, 0.15) is 11.5 Å². The molecule has 0 aliphatic rings. The third-order valence-corrected chi connectivity index (χ3v) is 2.94. The van der Waals surface area contributed by atoms with Crippen LogP contribution in [0.2, 0.25) is 0 Å². The van der Waals surface area contributed by atoms with Crippen molar-refractivity contribution < 1.29 is 5.11 Å². The number of nitrogens with zero attached hydrogens (tertiary/aromatic N) is 4. The van der Waals surface area contributed by atoms with Crippen molar-refractivity contribution >= 4 is 11.3 Å². The molecule has 0 aromatic carbocycles. The van der Waals surface area contributed by atoms with E-state index in [0.717, 1.165) is 10.7 Å². The second-order valence-electron chi connectivity index (χ2n) is 4.70. The van der Waals surface area contributed by atoms with Crippen molar-refractivity contribution in [1.29, 1.82) is 0 Å². The van der Waals surface area contributed by atoms with Crippen LogP contribution in [0, 0.1) is 13.8 Å². The largest absolute Gasteiger partial charge is 0.389 e. The van der Waals surface area contributed by atoms with E-state index in [1.54, 1.807) is 29.9 Å². The van der Waals surface area contributed by atoms with Crippen molar-refractivity contribution in [3.8, 4) is 11.5 Å². The Kier molecular flexibility index (Phi) is 3.01. The zero-order chi connectivity index (χ0) is 12.6. The summed E-state index contributed by atoms with van der Waals surface area (Å²) < 4.78 is 1.71. The van der Waals surface area contributed by atoms with E-state index in [1.165, 1.54) is 0 Å². The molecule has 2 rings (SSSR count). The Hall–Kier alpha value is -1.27. The maximum atomic E-state index is 9.85. The molecule has 0 aliphatic heterocycles. The first-order valence-electron chi connectivity index (χ1n) is 5.41. The summed E-state index contributed by atoms with van der Waals surface area (Å²) in [6.07, 6.45) is 0. The van der Waals surface area contributed by atoms with Gasteiger partial charge in [-0.25, -0.2) is 14.6 Å². The molecule has 2 aromatic heterocycles. The summed E-state index contributed by atoms with van der Waals surface area (Å²) in [7, 11) is 0. The molecule has 0 saturated heterocycles. The van der Waals surface area contributed by atoms with E-state index in [0.29, 0.717) is 18.2 Å². The molecule has 0 fully saturated rings. The summed E-state index contributed by atoms with van der Waals surface area (Å²) >= 11 is 1.58. The molecule has 0 saturated carbocycles. The third kappa shape index (κ3) is 2.89. The molecule has 17 heavy (non-hydrogen) atoms. The van der Waals surface area contributed by atoms with E-state index in [9.17, 15) is 5.11 Å². The Bertz CT molecular complexity index is 524. The molecule has 0 amide bonds. The molecule has 0 unspecified atom stereocenters. The van der Waals surface area contributed by atoms with Gasteiger partial charge < -0.3 is 5.11 Å². The summed E-state index contributed by atoms with van der Waals surface area (Å²) in [4.78, 5) is 8.76. The van der Waals surface area contributed by atoms with Gasteiger partial charge in [0.15, 0.2) is 5.82 Å². The second-order valence-corrected chi connectivity index (χ2v) is 5.77. The molecule has 2 heterocycles. The number of thiazole rings is 1. The lowest BCUT2D eigenvalue weighted by Crippen LogP contribution is -2.27. The molecule has 92 valence electrons. The van der Waals surface area contributed by atoms with Crippen molar-refractivity contribution in [2.75, 3.05) is 0 Å². The number of aromatic nitrogens is 4. The first kappa shape index (κ1) is 12.2. The van der Waals surface area contributed by atoms with Crippen molar-refractivity contribution in [2.45, 2.75) is 39.8 Å². The van der Waals surface area contributed by atoms with E-state index in [1.807, 2.05) is 19.2 Å². The van der Waals surface area contributed by atoms with Crippen LogP contribution in [0.25, 0.3) is 11.5 Å². The van der Waals surface area contributed by atoms with Crippen LogP contribution in [0.3, 0.4) is 0 Å². The summed E-state index contributed by atoms with van der Waals surface area (Å²) in [5.41, 5.74) is -0.00250. The average molecular weight is 252 g/mol. The van der Waals surface area contributed by atoms with E-state index in [2.05, 4.69) is 15.1 Å². The first-order valence-corrected chi connectivity index (χ1v) is 6.29. The summed E-state index contributed by atoms with van der Waals surface area (Å²) in [5, 5.41) is 17.1. The van der Waals surface area contributed by atoms with E-state index in [4.69, 9.17) is 0 Å². The minimum Gasteiger partial charge on any atom is -0.389 e. The molecular weight excluding hydrogens is 236 g/mol.